The molecule has 13 heteroatoms. The minimum absolute atomic E-state index is 0.0657. The second kappa shape index (κ2) is 13.4. The molecule has 12 nitrogen and oxygen atoms in total. The van der Waals surface area contributed by atoms with Crippen molar-refractivity contribution in [3.05, 3.63) is 63.8 Å². The zero-order valence-electron chi connectivity index (χ0n) is 25.2. The van der Waals surface area contributed by atoms with Crippen molar-refractivity contribution in [3.8, 4) is 0 Å². The fourth-order valence-corrected chi connectivity index (χ4v) is 6.17. The second-order valence-electron chi connectivity index (χ2n) is 11.7. The summed E-state index contributed by atoms with van der Waals surface area (Å²) in [5, 5.41) is 9.27. The highest BCUT2D eigenvalue weighted by Gasteiger charge is 2.39. The van der Waals surface area contributed by atoms with E-state index in [9.17, 15) is 19.2 Å². The summed E-state index contributed by atoms with van der Waals surface area (Å²) in [6.07, 6.45) is 4.18. The topological polar surface area (TPSA) is 136 Å². The number of carboxylic acid groups (broad SMARTS) is 1. The van der Waals surface area contributed by atoms with Crippen LogP contribution in [-0.2, 0) is 19.1 Å². The number of hydrogen-bond acceptors (Lipinski definition) is 8. The van der Waals surface area contributed by atoms with Crippen molar-refractivity contribution in [2.45, 2.75) is 27.2 Å². The van der Waals surface area contributed by atoms with Crippen LogP contribution in [0.4, 0.5) is 5.69 Å². The highest BCUT2D eigenvalue weighted by atomic mass is 35.5. The maximum atomic E-state index is 13.6. The number of aryl methyl sites for hydroxylation is 3. The van der Waals surface area contributed by atoms with E-state index < -0.39 is 12.6 Å². The van der Waals surface area contributed by atoms with Crippen molar-refractivity contribution in [2.24, 2.45) is 11.8 Å². The van der Waals surface area contributed by atoms with E-state index in [1.165, 1.54) is 16.8 Å². The molecule has 0 aliphatic carbocycles. The predicted molar refractivity (Wildman–Crippen MR) is 162 cm³/mol. The number of carboxylic acids is 1. The first kappa shape index (κ1) is 31.6. The summed E-state index contributed by atoms with van der Waals surface area (Å²) in [6, 6.07) is 5.58. The van der Waals surface area contributed by atoms with Gasteiger partial charge in [0.15, 0.2) is 0 Å². The molecule has 3 amide bonds. The third-order valence-corrected chi connectivity index (χ3v) is 8.88. The van der Waals surface area contributed by atoms with Crippen LogP contribution in [-0.4, -0.2) is 112 Å². The molecule has 1 unspecified atom stereocenters. The Morgan fingerprint density at radius 3 is 2.43 bits per heavy atom. The quantitative estimate of drug-likeness (QED) is 0.399. The number of anilines is 1. The summed E-state index contributed by atoms with van der Waals surface area (Å²) in [4.78, 5) is 65.5. The SMILES string of the molecule is Cc1ccc(N(CCCN2CC3=CN(C(=O)c4c(C)ncnc4C)CC3C2)C(=O)C2CN(C(=O)COCC(=O)O)C2)cc1Cl. The summed E-state index contributed by atoms with van der Waals surface area (Å²) in [5.74, 6) is -1.71. The Hall–Kier alpha value is -3.87. The molecule has 0 spiro atoms. The maximum Gasteiger partial charge on any atom is 0.329 e. The van der Waals surface area contributed by atoms with Crippen LogP contribution in [0, 0.1) is 32.6 Å². The number of ether oxygens (including phenoxy) is 1. The molecular weight excluding hydrogens is 588 g/mol. The van der Waals surface area contributed by atoms with E-state index in [1.54, 1.807) is 15.9 Å². The van der Waals surface area contributed by atoms with Crippen LogP contribution in [0.25, 0.3) is 0 Å². The number of likely N-dealkylation sites (tertiary alicyclic amines) is 2. The van der Waals surface area contributed by atoms with E-state index in [2.05, 4.69) is 14.9 Å². The molecular formula is C31H37ClN6O6. The fraction of sp³-hybridized carbons (Fsp3) is 0.484. The van der Waals surface area contributed by atoms with Gasteiger partial charge in [0.05, 0.1) is 22.9 Å². The smallest absolute Gasteiger partial charge is 0.329 e. The number of amides is 3. The number of carbonyl (C=O) groups excluding carboxylic acids is 3. The largest absolute Gasteiger partial charge is 0.480 e. The molecule has 0 radical (unpaired) electrons. The van der Waals surface area contributed by atoms with Crippen LogP contribution >= 0.6 is 11.6 Å². The number of benzene rings is 1. The standard InChI is InChI=1S/C31H37ClN6O6/c1-19-5-6-25(9-26(19)32)38(30(42)24-14-36(15-24)27(39)16-44-17-28(40)41)8-4-7-35-10-22-12-37(13-23(22)11-35)31(43)29-20(2)33-18-34-21(29)3/h5-6,9,12,18,23-24H,4,7-8,10-11,13-17H2,1-3H3,(H,40,41). The van der Waals surface area contributed by atoms with Gasteiger partial charge in [-0.15, -0.1) is 0 Å². The van der Waals surface area contributed by atoms with Crippen molar-refractivity contribution in [1.29, 1.82) is 0 Å². The summed E-state index contributed by atoms with van der Waals surface area (Å²) < 4.78 is 4.89. The fourth-order valence-electron chi connectivity index (χ4n) is 5.99. The zero-order valence-corrected chi connectivity index (χ0v) is 25.9. The summed E-state index contributed by atoms with van der Waals surface area (Å²) in [5.41, 5.74) is 4.78. The second-order valence-corrected chi connectivity index (χ2v) is 12.1. The molecule has 1 N–H and O–H groups in total. The van der Waals surface area contributed by atoms with Gasteiger partial charge in [-0.05, 0) is 50.5 Å². The highest BCUT2D eigenvalue weighted by molar-refractivity contribution is 6.31. The third kappa shape index (κ3) is 6.92. The molecule has 2 aromatic rings. The molecule has 2 saturated heterocycles. The minimum Gasteiger partial charge on any atom is -0.480 e. The average Bonchev–Trinajstić information content (AvgIpc) is 3.51. The van der Waals surface area contributed by atoms with Gasteiger partial charge in [-0.2, -0.15) is 0 Å². The Morgan fingerprint density at radius 1 is 1.05 bits per heavy atom. The van der Waals surface area contributed by atoms with Gasteiger partial charge in [-0.1, -0.05) is 17.7 Å². The van der Waals surface area contributed by atoms with Crippen molar-refractivity contribution >= 4 is 41.0 Å². The molecule has 3 aliphatic heterocycles. The molecule has 1 atom stereocenters. The van der Waals surface area contributed by atoms with Gasteiger partial charge in [-0.3, -0.25) is 19.3 Å². The van der Waals surface area contributed by atoms with Crippen LogP contribution in [0.3, 0.4) is 0 Å². The number of hydrogen-bond donors (Lipinski definition) is 1. The van der Waals surface area contributed by atoms with Gasteiger partial charge >= 0.3 is 5.97 Å². The van der Waals surface area contributed by atoms with E-state index in [4.69, 9.17) is 21.4 Å². The van der Waals surface area contributed by atoms with Crippen LogP contribution in [0.2, 0.25) is 5.02 Å². The molecule has 3 aliphatic rings. The van der Waals surface area contributed by atoms with Gasteiger partial charge in [-0.25, -0.2) is 14.8 Å². The maximum absolute atomic E-state index is 13.6. The molecule has 5 rings (SSSR count). The Balaban J connectivity index is 1.16. The number of halogens is 1. The van der Waals surface area contributed by atoms with Crippen molar-refractivity contribution in [1.82, 2.24) is 24.7 Å². The van der Waals surface area contributed by atoms with Crippen molar-refractivity contribution < 1.29 is 29.0 Å². The lowest BCUT2D eigenvalue weighted by Gasteiger charge is -2.40. The number of fused-ring (bicyclic) bond motifs is 1. The molecule has 1 aromatic carbocycles. The summed E-state index contributed by atoms with van der Waals surface area (Å²) in [6.45, 7) is 8.71. The predicted octanol–water partition coefficient (Wildman–Crippen LogP) is 2.31. The minimum atomic E-state index is -1.14. The first-order chi connectivity index (χ1) is 21.0. The van der Waals surface area contributed by atoms with E-state index in [-0.39, 0.29) is 49.3 Å². The van der Waals surface area contributed by atoms with Gasteiger partial charge in [0, 0.05) is 68.6 Å². The molecule has 0 saturated carbocycles. The van der Waals surface area contributed by atoms with Gasteiger partial charge in [0.2, 0.25) is 11.8 Å². The van der Waals surface area contributed by atoms with Crippen molar-refractivity contribution in [2.75, 3.05) is 63.9 Å². The lowest BCUT2D eigenvalue weighted by molar-refractivity contribution is -0.149. The Bertz CT molecular complexity index is 1470. The van der Waals surface area contributed by atoms with Crippen LogP contribution in [0.1, 0.15) is 33.7 Å². The zero-order chi connectivity index (χ0) is 31.5. The molecule has 0 bridgehead atoms. The van der Waals surface area contributed by atoms with Gasteiger partial charge in [0.1, 0.15) is 19.5 Å². The molecule has 4 heterocycles. The molecule has 234 valence electrons. The lowest BCUT2D eigenvalue weighted by atomic mass is 9.97. The van der Waals surface area contributed by atoms with Gasteiger partial charge < -0.3 is 24.5 Å². The summed E-state index contributed by atoms with van der Waals surface area (Å²) >= 11 is 6.41. The molecule has 2 fully saturated rings. The number of rotatable bonds is 11. The van der Waals surface area contributed by atoms with Crippen LogP contribution < -0.4 is 4.90 Å². The van der Waals surface area contributed by atoms with Crippen LogP contribution in [0.5, 0.6) is 0 Å². The van der Waals surface area contributed by atoms with E-state index >= 15 is 0 Å². The van der Waals surface area contributed by atoms with Gasteiger partial charge in [0.25, 0.3) is 5.91 Å². The normalized spacial score (nSPS) is 18.2. The Kier molecular flexibility index (Phi) is 9.62. The van der Waals surface area contributed by atoms with Crippen LogP contribution in [0.15, 0.2) is 36.3 Å². The number of aliphatic carboxylic acids is 1. The molecule has 1 aromatic heterocycles. The average molecular weight is 625 g/mol. The van der Waals surface area contributed by atoms with E-state index in [1.807, 2.05) is 39.1 Å². The first-order valence-corrected chi connectivity index (χ1v) is 15.1. The highest BCUT2D eigenvalue weighted by Crippen LogP contribution is 2.32. The van der Waals surface area contributed by atoms with E-state index in [0.717, 1.165) is 31.6 Å². The third-order valence-electron chi connectivity index (χ3n) is 8.47. The Morgan fingerprint density at radius 2 is 1.77 bits per heavy atom. The first-order valence-electron chi connectivity index (χ1n) is 14.7. The van der Waals surface area contributed by atoms with Crippen molar-refractivity contribution in [3.63, 3.8) is 0 Å². The lowest BCUT2D eigenvalue weighted by Crippen LogP contribution is -2.57. The Labute approximate surface area is 261 Å². The van der Waals surface area contributed by atoms with E-state index in [0.29, 0.717) is 40.8 Å². The molecule has 44 heavy (non-hydrogen) atoms. The monoisotopic (exact) mass is 624 g/mol. The number of nitrogens with zero attached hydrogens (tertiary/aromatic N) is 6. The number of carbonyl (C=O) groups is 4. The summed E-state index contributed by atoms with van der Waals surface area (Å²) in [7, 11) is 0. The number of aromatic nitrogens is 2.